The second-order valence-electron chi connectivity index (χ2n) is 7.10. The molecule has 3 amide bonds. The summed E-state index contributed by atoms with van der Waals surface area (Å²) in [6.45, 7) is 6.64. The van der Waals surface area contributed by atoms with Gasteiger partial charge in [0, 0.05) is 36.1 Å². The Kier molecular flexibility index (Phi) is 5.78. The Hall–Kier alpha value is -2.83. The maximum atomic E-state index is 12.0. The number of benzene rings is 1. The summed E-state index contributed by atoms with van der Waals surface area (Å²) in [5.74, 6) is 0.157. The molecule has 1 aliphatic heterocycles. The van der Waals surface area contributed by atoms with Crippen LogP contribution in [0.15, 0.2) is 24.3 Å². The summed E-state index contributed by atoms with van der Waals surface area (Å²) < 4.78 is 0. The number of aromatic nitrogens is 2. The number of carbonyl (C=O) groups is 2. The van der Waals surface area contributed by atoms with Crippen LogP contribution in [0.1, 0.15) is 43.1 Å². The number of carbonyl (C=O) groups excluding carboxylic acids is 2. The van der Waals surface area contributed by atoms with Crippen LogP contribution in [0.4, 0.5) is 16.2 Å². The average Bonchev–Trinajstić information content (AvgIpc) is 3.14. The third-order valence-electron chi connectivity index (χ3n) is 5.06. The third-order valence-corrected chi connectivity index (χ3v) is 5.06. The molecular formula is C20H27N5O2. The van der Waals surface area contributed by atoms with Gasteiger partial charge >= 0.3 is 6.03 Å². The molecule has 1 aromatic carbocycles. The molecule has 1 unspecified atom stereocenters. The van der Waals surface area contributed by atoms with Gasteiger partial charge in [0.1, 0.15) is 0 Å². The molecule has 3 rings (SSSR count). The van der Waals surface area contributed by atoms with Crippen LogP contribution in [0.2, 0.25) is 0 Å². The van der Waals surface area contributed by atoms with Gasteiger partial charge in [-0.25, -0.2) is 4.79 Å². The Labute approximate surface area is 159 Å². The third kappa shape index (κ3) is 4.48. The molecule has 3 N–H and O–H groups in total. The summed E-state index contributed by atoms with van der Waals surface area (Å²) >= 11 is 0. The molecule has 7 nitrogen and oxygen atoms in total. The van der Waals surface area contributed by atoms with Crippen molar-refractivity contribution < 1.29 is 9.59 Å². The van der Waals surface area contributed by atoms with Crippen LogP contribution in [-0.4, -0.2) is 34.7 Å². The first-order valence-electron chi connectivity index (χ1n) is 9.43. The lowest BCUT2D eigenvalue weighted by atomic mass is 10.1. The van der Waals surface area contributed by atoms with Crippen LogP contribution in [-0.2, 0) is 11.2 Å². The van der Waals surface area contributed by atoms with Gasteiger partial charge in [0.2, 0.25) is 5.91 Å². The molecule has 144 valence electrons. The number of amides is 3. The lowest BCUT2D eigenvalue weighted by molar-refractivity contribution is -0.117. The zero-order valence-electron chi connectivity index (χ0n) is 16.1. The number of rotatable bonds is 6. The molecule has 0 aliphatic carbocycles. The van der Waals surface area contributed by atoms with Gasteiger partial charge in [0.25, 0.3) is 0 Å². The summed E-state index contributed by atoms with van der Waals surface area (Å²) in [6, 6.07) is 7.40. The number of urea groups is 1. The number of aromatic amines is 1. The number of nitrogens with one attached hydrogen (secondary N) is 3. The van der Waals surface area contributed by atoms with Gasteiger partial charge in [0.15, 0.2) is 0 Å². The maximum Gasteiger partial charge on any atom is 0.319 e. The fourth-order valence-corrected chi connectivity index (χ4v) is 3.52. The Morgan fingerprint density at radius 2 is 2.04 bits per heavy atom. The molecule has 7 heteroatoms. The fourth-order valence-electron chi connectivity index (χ4n) is 3.52. The van der Waals surface area contributed by atoms with Gasteiger partial charge in [0.05, 0.1) is 5.69 Å². The summed E-state index contributed by atoms with van der Waals surface area (Å²) in [4.78, 5) is 25.8. The van der Waals surface area contributed by atoms with Crippen molar-refractivity contribution in [1.29, 1.82) is 0 Å². The Balaban J connectivity index is 1.45. The minimum Gasteiger partial charge on any atom is -0.338 e. The van der Waals surface area contributed by atoms with Gasteiger partial charge in [-0.3, -0.25) is 9.89 Å². The molecule has 0 saturated carbocycles. The van der Waals surface area contributed by atoms with E-state index in [1.54, 1.807) is 0 Å². The van der Waals surface area contributed by atoms with E-state index >= 15 is 0 Å². The van der Waals surface area contributed by atoms with Crippen LogP contribution in [0, 0.1) is 13.8 Å². The largest absolute Gasteiger partial charge is 0.338 e. The number of hydrogen-bond acceptors (Lipinski definition) is 3. The van der Waals surface area contributed by atoms with E-state index in [1.165, 1.54) is 5.56 Å². The zero-order valence-corrected chi connectivity index (χ0v) is 16.1. The number of anilines is 2. The highest BCUT2D eigenvalue weighted by Gasteiger charge is 2.28. The second-order valence-corrected chi connectivity index (χ2v) is 7.10. The highest BCUT2D eigenvalue weighted by molar-refractivity contribution is 5.96. The van der Waals surface area contributed by atoms with E-state index in [0.29, 0.717) is 18.7 Å². The molecule has 0 radical (unpaired) electrons. The van der Waals surface area contributed by atoms with Crippen molar-refractivity contribution in [2.75, 3.05) is 16.8 Å². The van der Waals surface area contributed by atoms with E-state index in [4.69, 9.17) is 0 Å². The summed E-state index contributed by atoms with van der Waals surface area (Å²) in [6.07, 6.45) is 3.22. The standard InChI is InChI=1S/C20H27N5O2/c1-13-6-11-19(26)25(13)17-9-7-16(8-10-17)22-20(27)21-12-4-5-18-14(2)23-24-15(18)3/h7-10,13H,4-6,11-12H2,1-3H3,(H,23,24)(H2,21,22,27). The van der Waals surface area contributed by atoms with E-state index in [0.717, 1.165) is 36.3 Å². The predicted octanol–water partition coefficient (Wildman–Crippen LogP) is 3.30. The van der Waals surface area contributed by atoms with E-state index in [-0.39, 0.29) is 18.0 Å². The number of aryl methyl sites for hydroxylation is 2. The fraction of sp³-hybridized carbons (Fsp3) is 0.450. The van der Waals surface area contributed by atoms with Crippen LogP contribution in [0.3, 0.4) is 0 Å². The molecule has 1 saturated heterocycles. The lowest BCUT2D eigenvalue weighted by Gasteiger charge is -2.22. The Bertz CT molecular complexity index is 793. The van der Waals surface area contributed by atoms with E-state index < -0.39 is 0 Å². The highest BCUT2D eigenvalue weighted by atomic mass is 16.2. The topological polar surface area (TPSA) is 90.1 Å². The monoisotopic (exact) mass is 369 g/mol. The normalized spacial score (nSPS) is 16.6. The van der Waals surface area contributed by atoms with Crippen molar-refractivity contribution in [1.82, 2.24) is 15.5 Å². The summed E-state index contributed by atoms with van der Waals surface area (Å²) in [7, 11) is 0. The first kappa shape index (κ1) is 18.9. The van der Waals surface area contributed by atoms with Crippen molar-refractivity contribution in [3.8, 4) is 0 Å². The van der Waals surface area contributed by atoms with E-state index in [9.17, 15) is 9.59 Å². The molecule has 1 aromatic heterocycles. The first-order chi connectivity index (χ1) is 13.0. The number of nitrogens with zero attached hydrogens (tertiary/aromatic N) is 2. The molecule has 1 aliphatic rings. The SMILES string of the molecule is Cc1n[nH]c(C)c1CCCNC(=O)Nc1ccc(N2C(=O)CCC2C)cc1. The quantitative estimate of drug-likeness (QED) is 0.683. The Morgan fingerprint density at radius 3 is 2.63 bits per heavy atom. The second kappa shape index (κ2) is 8.24. The number of hydrogen-bond donors (Lipinski definition) is 3. The van der Waals surface area contributed by atoms with Crippen LogP contribution < -0.4 is 15.5 Å². The van der Waals surface area contributed by atoms with Crippen molar-refractivity contribution in [3.63, 3.8) is 0 Å². The van der Waals surface area contributed by atoms with E-state index in [2.05, 4.69) is 27.8 Å². The molecule has 1 fully saturated rings. The molecule has 0 spiro atoms. The van der Waals surface area contributed by atoms with Gasteiger partial charge in [-0.15, -0.1) is 0 Å². The number of H-pyrrole nitrogens is 1. The maximum absolute atomic E-state index is 12.0. The molecule has 27 heavy (non-hydrogen) atoms. The summed E-state index contributed by atoms with van der Waals surface area (Å²) in [5.41, 5.74) is 4.91. The van der Waals surface area contributed by atoms with Crippen molar-refractivity contribution in [2.24, 2.45) is 0 Å². The Morgan fingerprint density at radius 1 is 1.30 bits per heavy atom. The average molecular weight is 369 g/mol. The zero-order chi connectivity index (χ0) is 19.4. The highest BCUT2D eigenvalue weighted by Crippen LogP contribution is 2.27. The smallest absolute Gasteiger partial charge is 0.319 e. The van der Waals surface area contributed by atoms with Crippen molar-refractivity contribution >= 4 is 23.3 Å². The lowest BCUT2D eigenvalue weighted by Crippen LogP contribution is -2.31. The first-order valence-corrected chi connectivity index (χ1v) is 9.43. The van der Waals surface area contributed by atoms with E-state index in [1.807, 2.05) is 43.0 Å². The van der Waals surface area contributed by atoms with Crippen LogP contribution >= 0.6 is 0 Å². The summed E-state index contributed by atoms with van der Waals surface area (Å²) in [5, 5.41) is 12.9. The molecule has 2 aromatic rings. The van der Waals surface area contributed by atoms with Crippen molar-refractivity contribution in [2.45, 2.75) is 52.5 Å². The van der Waals surface area contributed by atoms with Gasteiger partial charge < -0.3 is 15.5 Å². The van der Waals surface area contributed by atoms with Crippen LogP contribution in [0.5, 0.6) is 0 Å². The molecule has 0 bridgehead atoms. The van der Waals surface area contributed by atoms with Gasteiger partial charge in [-0.2, -0.15) is 5.10 Å². The van der Waals surface area contributed by atoms with Crippen LogP contribution in [0.25, 0.3) is 0 Å². The minimum atomic E-state index is -0.228. The molecular weight excluding hydrogens is 342 g/mol. The predicted molar refractivity (Wildman–Crippen MR) is 106 cm³/mol. The molecule has 1 atom stereocenters. The molecule has 2 heterocycles. The minimum absolute atomic E-state index is 0.157. The van der Waals surface area contributed by atoms with Crippen molar-refractivity contribution in [3.05, 3.63) is 41.2 Å². The van der Waals surface area contributed by atoms with Gasteiger partial charge in [-0.1, -0.05) is 0 Å². The van der Waals surface area contributed by atoms with Gasteiger partial charge in [-0.05, 0) is 69.9 Å².